The maximum Gasteiger partial charge on any atom is 0.257 e. The van der Waals surface area contributed by atoms with Gasteiger partial charge in [-0.25, -0.2) is 4.98 Å². The number of fused-ring (bicyclic) bond motifs is 1. The van der Waals surface area contributed by atoms with Crippen molar-refractivity contribution in [2.75, 3.05) is 24.3 Å². The van der Waals surface area contributed by atoms with E-state index in [1.165, 1.54) is 36.3 Å². The number of thiazole rings is 1. The summed E-state index contributed by atoms with van der Waals surface area (Å²) in [4.78, 5) is 20.4. The summed E-state index contributed by atoms with van der Waals surface area (Å²) in [6, 6.07) is 7.62. The van der Waals surface area contributed by atoms with Gasteiger partial charge in [0.05, 0.1) is 5.69 Å². The average Bonchev–Trinajstić information content (AvgIpc) is 2.88. The molecular formula is C18H23N3OS. The molecule has 0 atom stereocenters. The number of hydrogen-bond donors (Lipinski definition) is 1. The maximum absolute atomic E-state index is 12.4. The van der Waals surface area contributed by atoms with Gasteiger partial charge in [0.15, 0.2) is 5.13 Å². The zero-order chi connectivity index (χ0) is 16.2. The third-order valence-electron chi connectivity index (χ3n) is 4.21. The molecule has 4 nitrogen and oxygen atoms in total. The summed E-state index contributed by atoms with van der Waals surface area (Å²) in [5.41, 5.74) is 2.94. The van der Waals surface area contributed by atoms with E-state index in [2.05, 4.69) is 10.3 Å². The second-order valence-electron chi connectivity index (χ2n) is 6.20. The van der Waals surface area contributed by atoms with Crippen LogP contribution in [0.5, 0.6) is 0 Å². The fourth-order valence-corrected chi connectivity index (χ4v) is 3.88. The Morgan fingerprint density at radius 2 is 1.78 bits per heavy atom. The standard InChI is InChI=1S/C18H23N3OS/c1-21(2)14-11-9-13(10-12-14)17(22)20-18-19-15-7-5-3-4-6-8-16(15)23-18/h9-12H,3-8H2,1-2H3,(H,19,20,22). The second kappa shape index (κ2) is 7.13. The number of amides is 1. The minimum atomic E-state index is -0.0861. The van der Waals surface area contributed by atoms with Gasteiger partial charge in [0.25, 0.3) is 5.91 Å². The number of benzene rings is 1. The Hall–Kier alpha value is -1.88. The predicted molar refractivity (Wildman–Crippen MR) is 96.7 cm³/mol. The Labute approximate surface area is 141 Å². The molecule has 122 valence electrons. The Morgan fingerprint density at radius 3 is 2.48 bits per heavy atom. The third kappa shape index (κ3) is 3.91. The van der Waals surface area contributed by atoms with E-state index >= 15 is 0 Å². The highest BCUT2D eigenvalue weighted by molar-refractivity contribution is 7.15. The van der Waals surface area contributed by atoms with Crippen LogP contribution in [0.25, 0.3) is 0 Å². The quantitative estimate of drug-likeness (QED) is 0.921. The lowest BCUT2D eigenvalue weighted by molar-refractivity contribution is 0.102. The molecule has 1 amide bonds. The summed E-state index contributed by atoms with van der Waals surface area (Å²) in [5, 5.41) is 3.69. The van der Waals surface area contributed by atoms with E-state index in [-0.39, 0.29) is 5.91 Å². The largest absolute Gasteiger partial charge is 0.378 e. The second-order valence-corrected chi connectivity index (χ2v) is 7.28. The number of aromatic nitrogens is 1. The summed E-state index contributed by atoms with van der Waals surface area (Å²) >= 11 is 1.64. The molecule has 0 spiro atoms. The Morgan fingerprint density at radius 1 is 1.09 bits per heavy atom. The van der Waals surface area contributed by atoms with Crippen LogP contribution in [-0.2, 0) is 12.8 Å². The van der Waals surface area contributed by atoms with Crippen molar-refractivity contribution in [1.29, 1.82) is 0 Å². The first-order chi connectivity index (χ1) is 11.1. The number of nitrogens with one attached hydrogen (secondary N) is 1. The van der Waals surface area contributed by atoms with Gasteiger partial charge in [0.2, 0.25) is 0 Å². The van der Waals surface area contributed by atoms with Crippen molar-refractivity contribution in [3.05, 3.63) is 40.4 Å². The van der Waals surface area contributed by atoms with E-state index in [1.54, 1.807) is 11.3 Å². The molecule has 0 unspecified atom stereocenters. The van der Waals surface area contributed by atoms with Crippen LogP contribution < -0.4 is 10.2 Å². The highest BCUT2D eigenvalue weighted by Gasteiger charge is 2.15. The minimum Gasteiger partial charge on any atom is -0.378 e. The van der Waals surface area contributed by atoms with Crippen molar-refractivity contribution in [2.45, 2.75) is 38.5 Å². The van der Waals surface area contributed by atoms with E-state index in [0.717, 1.165) is 23.7 Å². The molecule has 1 aromatic carbocycles. The smallest absolute Gasteiger partial charge is 0.257 e. The molecule has 1 aliphatic rings. The number of hydrogen-bond acceptors (Lipinski definition) is 4. The Bertz CT molecular complexity index is 651. The van der Waals surface area contributed by atoms with Gasteiger partial charge in [-0.2, -0.15) is 0 Å². The zero-order valence-corrected chi connectivity index (χ0v) is 14.6. The third-order valence-corrected chi connectivity index (χ3v) is 5.28. The first-order valence-corrected chi connectivity index (χ1v) is 9.02. The van der Waals surface area contributed by atoms with Gasteiger partial charge in [-0.1, -0.05) is 12.8 Å². The van der Waals surface area contributed by atoms with E-state index in [1.807, 2.05) is 43.3 Å². The van der Waals surface area contributed by atoms with Crippen LogP contribution in [0.3, 0.4) is 0 Å². The first-order valence-electron chi connectivity index (χ1n) is 8.21. The van der Waals surface area contributed by atoms with Crippen LogP contribution in [0.15, 0.2) is 24.3 Å². The van der Waals surface area contributed by atoms with Gasteiger partial charge in [-0.05, 0) is 49.9 Å². The van der Waals surface area contributed by atoms with E-state index in [9.17, 15) is 4.79 Å². The lowest BCUT2D eigenvalue weighted by Gasteiger charge is -2.12. The summed E-state index contributed by atoms with van der Waals surface area (Å²) in [6.45, 7) is 0. The van der Waals surface area contributed by atoms with Crippen molar-refractivity contribution < 1.29 is 4.79 Å². The molecule has 1 aliphatic carbocycles. The monoisotopic (exact) mass is 329 g/mol. The molecule has 3 rings (SSSR count). The van der Waals surface area contributed by atoms with Crippen molar-refractivity contribution in [2.24, 2.45) is 0 Å². The zero-order valence-electron chi connectivity index (χ0n) is 13.8. The molecule has 5 heteroatoms. The number of rotatable bonds is 3. The van der Waals surface area contributed by atoms with Crippen molar-refractivity contribution in [3.8, 4) is 0 Å². The SMILES string of the molecule is CN(C)c1ccc(C(=O)Nc2nc3c(s2)CCCCCC3)cc1. The number of aryl methyl sites for hydroxylation is 2. The summed E-state index contributed by atoms with van der Waals surface area (Å²) in [5.74, 6) is -0.0861. The van der Waals surface area contributed by atoms with Gasteiger partial charge in [0.1, 0.15) is 0 Å². The normalized spacial score (nSPS) is 14.5. The molecule has 1 aromatic heterocycles. The van der Waals surface area contributed by atoms with Gasteiger partial charge < -0.3 is 4.90 Å². The van der Waals surface area contributed by atoms with E-state index in [4.69, 9.17) is 0 Å². The summed E-state index contributed by atoms with van der Waals surface area (Å²) < 4.78 is 0. The molecule has 0 bridgehead atoms. The lowest BCUT2D eigenvalue weighted by Crippen LogP contribution is -2.13. The molecule has 1 N–H and O–H groups in total. The van der Waals surface area contributed by atoms with Crippen LogP contribution in [0, 0.1) is 0 Å². The van der Waals surface area contributed by atoms with Gasteiger partial charge in [-0.15, -0.1) is 11.3 Å². The van der Waals surface area contributed by atoms with Crippen LogP contribution in [0.4, 0.5) is 10.8 Å². The van der Waals surface area contributed by atoms with E-state index in [0.29, 0.717) is 5.56 Å². The number of nitrogens with zero attached hydrogens (tertiary/aromatic N) is 2. The fraction of sp³-hybridized carbons (Fsp3) is 0.444. The molecule has 0 fully saturated rings. The average molecular weight is 329 g/mol. The summed E-state index contributed by atoms with van der Waals surface area (Å²) in [7, 11) is 3.97. The molecule has 0 radical (unpaired) electrons. The molecule has 0 saturated carbocycles. The molecule has 23 heavy (non-hydrogen) atoms. The number of anilines is 2. The Kier molecular flexibility index (Phi) is 4.96. The predicted octanol–water partition coefficient (Wildman–Crippen LogP) is 4.12. The highest BCUT2D eigenvalue weighted by atomic mass is 32.1. The van der Waals surface area contributed by atoms with Crippen molar-refractivity contribution in [3.63, 3.8) is 0 Å². The van der Waals surface area contributed by atoms with Gasteiger partial charge >= 0.3 is 0 Å². The van der Waals surface area contributed by atoms with Crippen LogP contribution in [0.1, 0.15) is 46.6 Å². The molecule has 0 saturated heterocycles. The first kappa shape index (κ1) is 16.0. The van der Waals surface area contributed by atoms with Crippen LogP contribution >= 0.6 is 11.3 Å². The molecule has 2 aromatic rings. The molecule has 1 heterocycles. The maximum atomic E-state index is 12.4. The number of carbonyl (C=O) groups is 1. The highest BCUT2D eigenvalue weighted by Crippen LogP contribution is 2.28. The van der Waals surface area contributed by atoms with Crippen LogP contribution in [-0.4, -0.2) is 25.0 Å². The Balaban J connectivity index is 1.71. The minimum absolute atomic E-state index is 0.0861. The molecule has 0 aliphatic heterocycles. The van der Waals surface area contributed by atoms with Gasteiger partial charge in [0, 0.05) is 30.2 Å². The van der Waals surface area contributed by atoms with Crippen molar-refractivity contribution in [1.82, 2.24) is 4.98 Å². The summed E-state index contributed by atoms with van der Waals surface area (Å²) in [6.07, 6.45) is 7.17. The van der Waals surface area contributed by atoms with Gasteiger partial charge in [-0.3, -0.25) is 10.1 Å². The number of carbonyl (C=O) groups excluding carboxylic acids is 1. The fourth-order valence-electron chi connectivity index (χ4n) is 2.84. The van der Waals surface area contributed by atoms with Crippen molar-refractivity contribution >= 4 is 28.1 Å². The lowest BCUT2D eigenvalue weighted by atomic mass is 10.0. The van der Waals surface area contributed by atoms with E-state index < -0.39 is 0 Å². The molecular weight excluding hydrogens is 306 g/mol. The topological polar surface area (TPSA) is 45.2 Å². The van der Waals surface area contributed by atoms with Crippen LogP contribution in [0.2, 0.25) is 0 Å².